The Balaban J connectivity index is 1.42. The molecule has 1 aliphatic heterocycles. The number of rotatable bonds is 3. The van der Waals surface area contributed by atoms with Gasteiger partial charge in [-0.25, -0.2) is 13.5 Å². The average Bonchev–Trinajstić information content (AvgIpc) is 3.22. The SMILES string of the molecule is Oc1c(F)cc2nnn(-c3ccc(N4CCOC(c5ccccc5)C4)cc3)c2c1F. The molecule has 1 fully saturated rings. The summed E-state index contributed by atoms with van der Waals surface area (Å²) < 4.78 is 35.1. The number of nitrogens with zero attached hydrogens (tertiary/aromatic N) is 4. The van der Waals surface area contributed by atoms with Crippen LogP contribution in [0.2, 0.25) is 0 Å². The third kappa shape index (κ3) is 3.15. The molecule has 3 aromatic carbocycles. The van der Waals surface area contributed by atoms with Gasteiger partial charge in [-0.3, -0.25) is 0 Å². The molecule has 1 unspecified atom stereocenters. The predicted molar refractivity (Wildman–Crippen MR) is 108 cm³/mol. The van der Waals surface area contributed by atoms with E-state index in [-0.39, 0.29) is 17.1 Å². The van der Waals surface area contributed by atoms with Crippen LogP contribution < -0.4 is 4.90 Å². The molecule has 8 heteroatoms. The van der Waals surface area contributed by atoms with Crippen LogP contribution in [0, 0.1) is 11.6 Å². The van der Waals surface area contributed by atoms with Gasteiger partial charge in [-0.2, -0.15) is 0 Å². The van der Waals surface area contributed by atoms with Gasteiger partial charge in [0.2, 0.25) is 0 Å². The second-order valence-electron chi connectivity index (χ2n) is 7.12. The fourth-order valence-electron chi connectivity index (χ4n) is 3.74. The zero-order valence-electron chi connectivity index (χ0n) is 15.9. The van der Waals surface area contributed by atoms with E-state index >= 15 is 0 Å². The summed E-state index contributed by atoms with van der Waals surface area (Å²) in [6, 6.07) is 18.5. The van der Waals surface area contributed by atoms with E-state index in [1.54, 1.807) is 12.1 Å². The van der Waals surface area contributed by atoms with Crippen molar-refractivity contribution in [3.8, 4) is 11.4 Å². The summed E-state index contributed by atoms with van der Waals surface area (Å²) in [6.45, 7) is 2.10. The van der Waals surface area contributed by atoms with Crippen molar-refractivity contribution < 1.29 is 18.6 Å². The minimum Gasteiger partial charge on any atom is -0.503 e. The maximum absolute atomic E-state index is 14.4. The number of hydrogen-bond donors (Lipinski definition) is 1. The number of benzene rings is 3. The van der Waals surface area contributed by atoms with Gasteiger partial charge in [0, 0.05) is 24.8 Å². The first-order valence-electron chi connectivity index (χ1n) is 9.56. The smallest absolute Gasteiger partial charge is 0.195 e. The summed E-state index contributed by atoms with van der Waals surface area (Å²) in [4.78, 5) is 2.23. The maximum atomic E-state index is 14.4. The normalized spacial score (nSPS) is 16.9. The Morgan fingerprint density at radius 3 is 2.50 bits per heavy atom. The molecule has 1 aliphatic rings. The molecule has 0 radical (unpaired) electrons. The highest BCUT2D eigenvalue weighted by Crippen LogP contribution is 2.30. The van der Waals surface area contributed by atoms with Crippen molar-refractivity contribution in [1.29, 1.82) is 0 Å². The van der Waals surface area contributed by atoms with Crippen LogP contribution >= 0.6 is 0 Å². The van der Waals surface area contributed by atoms with Gasteiger partial charge in [0.15, 0.2) is 17.4 Å². The number of anilines is 1. The van der Waals surface area contributed by atoms with Crippen molar-refractivity contribution in [2.45, 2.75) is 6.10 Å². The molecule has 1 aromatic heterocycles. The molecule has 0 bridgehead atoms. The molecule has 2 heterocycles. The van der Waals surface area contributed by atoms with Gasteiger partial charge >= 0.3 is 0 Å². The number of aromatic hydroxyl groups is 1. The van der Waals surface area contributed by atoms with E-state index in [1.807, 2.05) is 30.3 Å². The van der Waals surface area contributed by atoms with Gasteiger partial charge in [0.1, 0.15) is 17.1 Å². The number of phenols is 1. The average molecular weight is 408 g/mol. The lowest BCUT2D eigenvalue weighted by atomic mass is 10.1. The number of aromatic nitrogens is 3. The van der Waals surface area contributed by atoms with Gasteiger partial charge in [0.05, 0.1) is 12.3 Å². The van der Waals surface area contributed by atoms with Crippen LogP contribution in [0.5, 0.6) is 5.75 Å². The number of hydrogen-bond acceptors (Lipinski definition) is 5. The Morgan fingerprint density at radius 2 is 1.73 bits per heavy atom. The molecule has 0 spiro atoms. The number of ether oxygens (including phenoxy) is 1. The Hall–Kier alpha value is -3.52. The molecular formula is C22H18F2N4O2. The van der Waals surface area contributed by atoms with Crippen LogP contribution in [0.4, 0.5) is 14.5 Å². The van der Waals surface area contributed by atoms with Crippen LogP contribution in [-0.4, -0.2) is 39.8 Å². The van der Waals surface area contributed by atoms with Gasteiger partial charge in [-0.15, -0.1) is 5.10 Å². The third-order valence-corrected chi connectivity index (χ3v) is 5.30. The molecule has 5 rings (SSSR count). The lowest BCUT2D eigenvalue weighted by Crippen LogP contribution is -2.38. The van der Waals surface area contributed by atoms with E-state index in [9.17, 15) is 13.9 Å². The van der Waals surface area contributed by atoms with Crippen molar-refractivity contribution in [3.05, 3.63) is 77.9 Å². The molecule has 6 nitrogen and oxygen atoms in total. The van der Waals surface area contributed by atoms with Crippen molar-refractivity contribution >= 4 is 16.7 Å². The van der Waals surface area contributed by atoms with Crippen LogP contribution in [0.3, 0.4) is 0 Å². The highest BCUT2D eigenvalue weighted by molar-refractivity contribution is 5.79. The Labute approximate surface area is 170 Å². The molecule has 152 valence electrons. The molecule has 1 atom stereocenters. The summed E-state index contributed by atoms with van der Waals surface area (Å²) in [6.07, 6.45) is -0.00847. The summed E-state index contributed by atoms with van der Waals surface area (Å²) in [5, 5.41) is 17.3. The topological polar surface area (TPSA) is 63.4 Å². The minimum absolute atomic E-state index is 0.00847. The van der Waals surface area contributed by atoms with Crippen molar-refractivity contribution in [2.24, 2.45) is 0 Å². The van der Waals surface area contributed by atoms with Gasteiger partial charge in [-0.05, 0) is 29.8 Å². The van der Waals surface area contributed by atoms with Crippen LogP contribution in [0.25, 0.3) is 16.7 Å². The number of morpholine rings is 1. The van der Waals surface area contributed by atoms with Crippen molar-refractivity contribution in [1.82, 2.24) is 15.0 Å². The lowest BCUT2D eigenvalue weighted by molar-refractivity contribution is 0.0398. The van der Waals surface area contributed by atoms with Gasteiger partial charge in [-0.1, -0.05) is 35.5 Å². The molecule has 0 saturated carbocycles. The Morgan fingerprint density at radius 1 is 1.00 bits per heavy atom. The maximum Gasteiger partial charge on any atom is 0.195 e. The van der Waals surface area contributed by atoms with E-state index in [1.165, 1.54) is 4.68 Å². The standard InChI is InChI=1S/C22H18F2N4O2/c23-17-12-18-21(20(24)22(17)29)28(26-25-18)16-8-6-15(7-9-16)27-10-11-30-19(13-27)14-4-2-1-3-5-14/h1-9,12,19,29H,10-11,13H2. The summed E-state index contributed by atoms with van der Waals surface area (Å²) >= 11 is 0. The molecule has 4 aromatic rings. The van der Waals surface area contributed by atoms with Crippen molar-refractivity contribution in [3.63, 3.8) is 0 Å². The molecule has 1 N–H and O–H groups in total. The van der Waals surface area contributed by atoms with E-state index < -0.39 is 17.4 Å². The fourth-order valence-corrected chi connectivity index (χ4v) is 3.74. The Bertz CT molecular complexity index is 1200. The molecule has 0 amide bonds. The van der Waals surface area contributed by atoms with E-state index in [2.05, 4.69) is 27.3 Å². The van der Waals surface area contributed by atoms with Gasteiger partial charge in [0.25, 0.3) is 0 Å². The zero-order chi connectivity index (χ0) is 20.7. The number of halogens is 2. The lowest BCUT2D eigenvalue weighted by Gasteiger charge is -2.34. The summed E-state index contributed by atoms with van der Waals surface area (Å²) in [5.74, 6) is -3.19. The largest absolute Gasteiger partial charge is 0.503 e. The predicted octanol–water partition coefficient (Wildman–Crippen LogP) is 3.98. The third-order valence-electron chi connectivity index (χ3n) is 5.30. The van der Waals surface area contributed by atoms with E-state index in [4.69, 9.17) is 4.74 Å². The molecule has 0 aliphatic carbocycles. The second kappa shape index (κ2) is 7.38. The molecular weight excluding hydrogens is 390 g/mol. The second-order valence-corrected chi connectivity index (χ2v) is 7.12. The summed E-state index contributed by atoms with van der Waals surface area (Å²) in [5.41, 5.74) is 2.65. The molecule has 30 heavy (non-hydrogen) atoms. The van der Waals surface area contributed by atoms with E-state index in [0.29, 0.717) is 12.3 Å². The van der Waals surface area contributed by atoms with Crippen LogP contribution in [0.15, 0.2) is 60.7 Å². The highest BCUT2D eigenvalue weighted by Gasteiger charge is 2.23. The monoisotopic (exact) mass is 408 g/mol. The first-order valence-corrected chi connectivity index (χ1v) is 9.56. The quantitative estimate of drug-likeness (QED) is 0.556. The first-order chi connectivity index (χ1) is 14.6. The summed E-state index contributed by atoms with van der Waals surface area (Å²) in [7, 11) is 0. The van der Waals surface area contributed by atoms with Crippen LogP contribution in [0.1, 0.15) is 11.7 Å². The molecule has 1 saturated heterocycles. The minimum atomic E-state index is -1.09. The number of phenolic OH excluding ortho intramolecular Hbond substituents is 1. The zero-order valence-corrected chi connectivity index (χ0v) is 15.9. The van der Waals surface area contributed by atoms with Crippen molar-refractivity contribution in [2.75, 3.05) is 24.6 Å². The highest BCUT2D eigenvalue weighted by atomic mass is 19.1. The van der Waals surface area contributed by atoms with Crippen LogP contribution in [-0.2, 0) is 4.74 Å². The number of fused-ring (bicyclic) bond motifs is 1. The van der Waals surface area contributed by atoms with Gasteiger partial charge < -0.3 is 14.7 Å². The first kappa shape index (κ1) is 18.5. The Kier molecular flexibility index (Phi) is 4.55. The fraction of sp³-hybridized carbons (Fsp3) is 0.182. The van der Waals surface area contributed by atoms with E-state index in [0.717, 1.165) is 30.4 Å².